The molecule has 3 aromatic carbocycles. The number of hydrogen-bond donors (Lipinski definition) is 1. The fraction of sp³-hybridized carbons (Fsp3) is 0. The summed E-state index contributed by atoms with van der Waals surface area (Å²) >= 11 is 5.89. The molecule has 3 heteroatoms. The fourth-order valence-electron chi connectivity index (χ4n) is 2.23. The van der Waals surface area contributed by atoms with Gasteiger partial charge in [0.25, 0.3) is 0 Å². The molecule has 0 saturated heterocycles. The highest BCUT2D eigenvalue weighted by atomic mass is 35.5. The van der Waals surface area contributed by atoms with E-state index in [1.54, 1.807) is 30.3 Å². The van der Waals surface area contributed by atoms with Crippen molar-refractivity contribution in [2.24, 2.45) is 0 Å². The number of fused-ring (bicyclic) bond motifs is 1. The van der Waals surface area contributed by atoms with E-state index in [9.17, 15) is 4.79 Å². The lowest BCUT2D eigenvalue weighted by molar-refractivity contribution is -0.111. The van der Waals surface area contributed by atoms with Gasteiger partial charge >= 0.3 is 0 Å². The molecule has 2 nitrogen and oxygen atoms in total. The Bertz CT molecular complexity index is 855. The van der Waals surface area contributed by atoms with Gasteiger partial charge in [0, 0.05) is 16.8 Å². The highest BCUT2D eigenvalue weighted by molar-refractivity contribution is 6.30. The minimum absolute atomic E-state index is 0.185. The predicted octanol–water partition coefficient (Wildman–Crippen LogP) is 5.15. The van der Waals surface area contributed by atoms with Crippen LogP contribution in [0, 0.1) is 0 Å². The predicted molar refractivity (Wildman–Crippen MR) is 93.1 cm³/mol. The van der Waals surface area contributed by atoms with Crippen molar-refractivity contribution in [3.05, 3.63) is 83.4 Å². The van der Waals surface area contributed by atoms with E-state index in [1.807, 2.05) is 24.3 Å². The molecule has 0 heterocycles. The van der Waals surface area contributed by atoms with E-state index in [-0.39, 0.29) is 5.91 Å². The van der Waals surface area contributed by atoms with Crippen molar-refractivity contribution in [2.45, 2.75) is 0 Å². The third kappa shape index (κ3) is 3.54. The molecule has 1 N–H and O–H groups in total. The lowest BCUT2D eigenvalue weighted by atomic mass is 10.1. The maximum absolute atomic E-state index is 11.9. The summed E-state index contributed by atoms with van der Waals surface area (Å²) in [5, 5.41) is 5.71. The maximum atomic E-state index is 11.9. The van der Waals surface area contributed by atoms with Crippen molar-refractivity contribution >= 4 is 40.0 Å². The second kappa shape index (κ2) is 6.46. The molecule has 0 saturated carbocycles. The van der Waals surface area contributed by atoms with Crippen LogP contribution in [0.1, 0.15) is 5.56 Å². The van der Waals surface area contributed by atoms with E-state index in [4.69, 9.17) is 11.6 Å². The van der Waals surface area contributed by atoms with Crippen LogP contribution in [0.2, 0.25) is 5.02 Å². The molecule has 0 radical (unpaired) electrons. The molecule has 0 spiro atoms. The lowest BCUT2D eigenvalue weighted by Gasteiger charge is -2.02. The normalized spacial score (nSPS) is 11.0. The molecule has 0 aromatic heterocycles. The van der Waals surface area contributed by atoms with Crippen LogP contribution in [-0.2, 0) is 4.79 Å². The number of nitrogens with one attached hydrogen (secondary N) is 1. The zero-order valence-corrected chi connectivity index (χ0v) is 12.5. The quantitative estimate of drug-likeness (QED) is 0.666. The van der Waals surface area contributed by atoms with Gasteiger partial charge in [-0.1, -0.05) is 54.1 Å². The molecule has 0 aliphatic rings. The Hall–Kier alpha value is -2.58. The smallest absolute Gasteiger partial charge is 0.248 e. The highest BCUT2D eigenvalue weighted by Gasteiger charge is 1.99. The van der Waals surface area contributed by atoms with Crippen molar-refractivity contribution in [3.63, 3.8) is 0 Å². The third-order valence-electron chi connectivity index (χ3n) is 3.29. The Morgan fingerprint density at radius 1 is 0.909 bits per heavy atom. The summed E-state index contributed by atoms with van der Waals surface area (Å²) in [7, 11) is 0. The zero-order valence-electron chi connectivity index (χ0n) is 11.8. The Morgan fingerprint density at radius 2 is 1.73 bits per heavy atom. The minimum Gasteiger partial charge on any atom is -0.322 e. The van der Waals surface area contributed by atoms with E-state index < -0.39 is 0 Å². The van der Waals surface area contributed by atoms with E-state index in [2.05, 4.69) is 23.5 Å². The largest absolute Gasteiger partial charge is 0.322 e. The zero-order chi connectivity index (χ0) is 15.4. The van der Waals surface area contributed by atoms with Gasteiger partial charge < -0.3 is 5.32 Å². The van der Waals surface area contributed by atoms with Crippen LogP contribution in [-0.4, -0.2) is 5.91 Å². The van der Waals surface area contributed by atoms with Crippen molar-refractivity contribution in [1.29, 1.82) is 0 Å². The van der Waals surface area contributed by atoms with Gasteiger partial charge in [-0.3, -0.25) is 4.79 Å². The topological polar surface area (TPSA) is 29.1 Å². The van der Waals surface area contributed by atoms with Gasteiger partial charge in [0.05, 0.1) is 0 Å². The number of amides is 1. The van der Waals surface area contributed by atoms with Crippen molar-refractivity contribution in [2.75, 3.05) is 5.32 Å². The first-order valence-electron chi connectivity index (χ1n) is 6.94. The van der Waals surface area contributed by atoms with Crippen LogP contribution in [0.3, 0.4) is 0 Å². The molecule has 22 heavy (non-hydrogen) atoms. The molecule has 0 fully saturated rings. The molecular formula is C19H14ClNO. The molecule has 0 aliphatic heterocycles. The molecule has 0 aliphatic carbocycles. The Morgan fingerprint density at radius 3 is 2.55 bits per heavy atom. The van der Waals surface area contributed by atoms with Crippen LogP contribution in [0.25, 0.3) is 16.8 Å². The van der Waals surface area contributed by atoms with Crippen LogP contribution in [0.5, 0.6) is 0 Å². The molecule has 3 aromatic rings. The SMILES string of the molecule is O=C(C=Cc1ccc2ccccc2c1)Nc1cccc(Cl)c1. The fourth-order valence-corrected chi connectivity index (χ4v) is 2.42. The van der Waals surface area contributed by atoms with Crippen LogP contribution in [0.15, 0.2) is 72.8 Å². The molecule has 108 valence electrons. The summed E-state index contributed by atoms with van der Waals surface area (Å²) in [6.07, 6.45) is 3.32. The molecule has 0 bridgehead atoms. The number of rotatable bonds is 3. The Kier molecular flexibility index (Phi) is 4.22. The van der Waals surface area contributed by atoms with Crippen molar-refractivity contribution in [3.8, 4) is 0 Å². The monoisotopic (exact) mass is 307 g/mol. The number of carbonyl (C=O) groups excluding carboxylic acids is 1. The first-order chi connectivity index (χ1) is 10.7. The van der Waals surface area contributed by atoms with Crippen LogP contribution >= 0.6 is 11.6 Å². The lowest BCUT2D eigenvalue weighted by Crippen LogP contribution is -2.07. The summed E-state index contributed by atoms with van der Waals surface area (Å²) in [6, 6.07) is 21.3. The van der Waals surface area contributed by atoms with Crippen molar-refractivity contribution in [1.82, 2.24) is 0 Å². The number of halogens is 1. The highest BCUT2D eigenvalue weighted by Crippen LogP contribution is 2.17. The summed E-state index contributed by atoms with van der Waals surface area (Å²) in [5.74, 6) is -0.185. The van der Waals surface area contributed by atoms with Gasteiger partial charge in [-0.2, -0.15) is 0 Å². The van der Waals surface area contributed by atoms with Gasteiger partial charge in [-0.25, -0.2) is 0 Å². The molecule has 1 amide bonds. The molecule has 3 rings (SSSR count). The second-order valence-electron chi connectivity index (χ2n) is 4.94. The van der Waals surface area contributed by atoms with Gasteiger partial charge in [-0.15, -0.1) is 0 Å². The minimum atomic E-state index is -0.185. The maximum Gasteiger partial charge on any atom is 0.248 e. The molecular weight excluding hydrogens is 294 g/mol. The second-order valence-corrected chi connectivity index (χ2v) is 5.38. The standard InChI is InChI=1S/C19H14ClNO/c20-17-6-3-7-18(13-17)21-19(22)11-9-14-8-10-15-4-1-2-5-16(15)12-14/h1-13H,(H,21,22). The van der Waals surface area contributed by atoms with E-state index >= 15 is 0 Å². The van der Waals surface area contributed by atoms with Gasteiger partial charge in [-0.05, 0) is 46.7 Å². The number of carbonyl (C=O) groups is 1. The van der Waals surface area contributed by atoms with Gasteiger partial charge in [0.2, 0.25) is 5.91 Å². The number of benzene rings is 3. The van der Waals surface area contributed by atoms with Gasteiger partial charge in [0.15, 0.2) is 0 Å². The third-order valence-corrected chi connectivity index (χ3v) is 3.53. The molecule has 0 unspecified atom stereocenters. The van der Waals surface area contributed by atoms with E-state index in [1.165, 1.54) is 11.5 Å². The summed E-state index contributed by atoms with van der Waals surface area (Å²) in [6.45, 7) is 0. The van der Waals surface area contributed by atoms with E-state index in [0.717, 1.165) is 10.9 Å². The molecule has 0 atom stereocenters. The Labute approximate surface area is 134 Å². The van der Waals surface area contributed by atoms with E-state index in [0.29, 0.717) is 10.7 Å². The van der Waals surface area contributed by atoms with Crippen LogP contribution < -0.4 is 5.32 Å². The summed E-state index contributed by atoms with van der Waals surface area (Å²) in [4.78, 5) is 11.9. The first-order valence-corrected chi connectivity index (χ1v) is 7.32. The summed E-state index contributed by atoms with van der Waals surface area (Å²) in [5.41, 5.74) is 1.67. The van der Waals surface area contributed by atoms with Crippen LogP contribution in [0.4, 0.5) is 5.69 Å². The number of hydrogen-bond acceptors (Lipinski definition) is 1. The first kappa shape index (κ1) is 14.4. The van der Waals surface area contributed by atoms with Crippen molar-refractivity contribution < 1.29 is 4.79 Å². The average Bonchev–Trinajstić information content (AvgIpc) is 2.53. The number of anilines is 1. The van der Waals surface area contributed by atoms with Gasteiger partial charge in [0.1, 0.15) is 0 Å². The average molecular weight is 308 g/mol. The Balaban J connectivity index is 1.73. The summed E-state index contributed by atoms with van der Waals surface area (Å²) < 4.78 is 0.